The number of amides is 1. The van der Waals surface area contributed by atoms with Crippen LogP contribution in [0.4, 0.5) is 11.5 Å². The Morgan fingerprint density at radius 2 is 1.76 bits per heavy atom. The smallest absolute Gasteiger partial charge is 0.256 e. The van der Waals surface area contributed by atoms with E-state index >= 15 is 0 Å². The van der Waals surface area contributed by atoms with Crippen LogP contribution < -0.4 is 9.80 Å². The molecule has 4 rings (SSSR count). The maximum atomic E-state index is 13.7. The molecular weight excluding hydrogens is 456 g/mol. The van der Waals surface area contributed by atoms with Crippen LogP contribution in [0.1, 0.15) is 15.9 Å². The Balaban J connectivity index is 1.60. The van der Waals surface area contributed by atoms with E-state index in [2.05, 4.69) is 16.0 Å². The minimum absolute atomic E-state index is 0.0867. The van der Waals surface area contributed by atoms with Crippen molar-refractivity contribution in [2.45, 2.75) is 4.90 Å². The van der Waals surface area contributed by atoms with E-state index in [4.69, 9.17) is 4.74 Å². The van der Waals surface area contributed by atoms with Gasteiger partial charge in [0.25, 0.3) is 5.91 Å². The van der Waals surface area contributed by atoms with Crippen molar-refractivity contribution in [3.05, 3.63) is 47.7 Å². The summed E-state index contributed by atoms with van der Waals surface area (Å²) in [6, 6.07) is 10.4. The Hall–Kier alpha value is -3.20. The second-order valence-corrected chi connectivity index (χ2v) is 10.5. The predicted molar refractivity (Wildman–Crippen MR) is 127 cm³/mol. The second-order valence-electron chi connectivity index (χ2n) is 8.33. The molecule has 0 aliphatic carbocycles. The molecule has 1 aromatic carbocycles. The molecule has 2 fully saturated rings. The highest BCUT2D eigenvalue weighted by atomic mass is 32.2. The lowest BCUT2D eigenvalue weighted by Crippen LogP contribution is -2.49. The number of nitriles is 1. The molecule has 2 aliphatic rings. The number of morpholine rings is 1. The number of hydrogen-bond donors (Lipinski definition) is 0. The Labute approximate surface area is 200 Å². The second kappa shape index (κ2) is 9.97. The van der Waals surface area contributed by atoms with Crippen molar-refractivity contribution in [1.82, 2.24) is 14.2 Å². The molecule has 34 heavy (non-hydrogen) atoms. The zero-order valence-corrected chi connectivity index (χ0v) is 20.2. The van der Waals surface area contributed by atoms with Crippen molar-refractivity contribution in [3.8, 4) is 6.07 Å². The van der Waals surface area contributed by atoms with Gasteiger partial charge in [0.1, 0.15) is 11.9 Å². The number of pyridine rings is 1. The summed E-state index contributed by atoms with van der Waals surface area (Å²) in [5, 5.41) is 9.38. The Bertz CT molecular complexity index is 1200. The van der Waals surface area contributed by atoms with Gasteiger partial charge >= 0.3 is 0 Å². The van der Waals surface area contributed by atoms with Crippen LogP contribution >= 0.6 is 0 Å². The summed E-state index contributed by atoms with van der Waals surface area (Å²) in [7, 11) is -0.749. The Kier molecular flexibility index (Phi) is 7.02. The van der Waals surface area contributed by atoms with Crippen LogP contribution in [0.15, 0.2) is 41.4 Å². The van der Waals surface area contributed by atoms with Crippen LogP contribution in [0.25, 0.3) is 0 Å². The average Bonchev–Trinajstić information content (AvgIpc) is 2.88. The van der Waals surface area contributed by atoms with Gasteiger partial charge in [0.2, 0.25) is 10.0 Å². The lowest BCUT2D eigenvalue weighted by atomic mass is 10.1. The molecule has 2 aromatic rings. The minimum atomic E-state index is -3.69. The van der Waals surface area contributed by atoms with Crippen LogP contribution in [0.3, 0.4) is 0 Å². The maximum Gasteiger partial charge on any atom is 0.256 e. The fraction of sp³-hybridized carbons (Fsp3) is 0.435. The molecule has 0 spiro atoms. The standard InChI is InChI=1S/C23H28N6O4S/c1-26(2)34(31,32)19-5-6-21(27-12-14-33-15-13-27)20(16-19)23(30)29-10-8-28(9-11-29)22-18(17-24)4-3-7-25-22/h3-7,16H,8-15H2,1-2H3. The van der Waals surface area contributed by atoms with Crippen molar-refractivity contribution >= 4 is 27.4 Å². The third-order valence-corrected chi connectivity index (χ3v) is 7.91. The van der Waals surface area contributed by atoms with E-state index in [0.717, 1.165) is 4.31 Å². The number of sulfonamides is 1. The average molecular weight is 485 g/mol. The number of benzene rings is 1. The third-order valence-electron chi connectivity index (χ3n) is 6.10. The molecule has 0 atom stereocenters. The summed E-state index contributed by atoms with van der Waals surface area (Å²) >= 11 is 0. The molecule has 0 N–H and O–H groups in total. The van der Waals surface area contributed by atoms with Crippen LogP contribution in [0.5, 0.6) is 0 Å². The molecule has 2 saturated heterocycles. The summed E-state index contributed by atoms with van der Waals surface area (Å²) in [5.41, 5.74) is 1.58. The molecule has 0 radical (unpaired) electrons. The van der Waals surface area contributed by atoms with Crippen LogP contribution in [0.2, 0.25) is 0 Å². The molecule has 0 bridgehead atoms. The Morgan fingerprint density at radius 3 is 2.41 bits per heavy atom. The van der Waals surface area contributed by atoms with Gasteiger partial charge in [-0.3, -0.25) is 4.79 Å². The van der Waals surface area contributed by atoms with Gasteiger partial charge < -0.3 is 19.4 Å². The third kappa shape index (κ3) is 4.70. The van der Waals surface area contributed by atoms with Crippen molar-refractivity contribution in [2.75, 3.05) is 76.4 Å². The van der Waals surface area contributed by atoms with Crippen molar-refractivity contribution in [1.29, 1.82) is 5.26 Å². The highest BCUT2D eigenvalue weighted by Gasteiger charge is 2.29. The number of nitrogens with zero attached hydrogens (tertiary/aromatic N) is 6. The van der Waals surface area contributed by atoms with Gasteiger partial charge in [0.15, 0.2) is 0 Å². The number of hydrogen-bond acceptors (Lipinski definition) is 8. The lowest BCUT2D eigenvalue weighted by Gasteiger charge is -2.37. The van der Waals surface area contributed by atoms with Gasteiger partial charge in [0, 0.05) is 65.2 Å². The van der Waals surface area contributed by atoms with Gasteiger partial charge in [-0.05, 0) is 30.3 Å². The quantitative estimate of drug-likeness (QED) is 0.618. The van der Waals surface area contributed by atoms with Crippen molar-refractivity contribution in [2.24, 2.45) is 0 Å². The van der Waals surface area contributed by atoms with Gasteiger partial charge in [-0.15, -0.1) is 0 Å². The number of ether oxygens (including phenoxy) is 1. The fourth-order valence-electron chi connectivity index (χ4n) is 4.17. The first-order valence-electron chi connectivity index (χ1n) is 11.1. The summed E-state index contributed by atoms with van der Waals surface area (Å²) in [5.74, 6) is 0.406. The largest absolute Gasteiger partial charge is 0.378 e. The lowest BCUT2D eigenvalue weighted by molar-refractivity contribution is 0.0745. The molecule has 2 aliphatic heterocycles. The van der Waals surface area contributed by atoms with E-state index in [9.17, 15) is 18.5 Å². The molecule has 11 heteroatoms. The highest BCUT2D eigenvalue weighted by molar-refractivity contribution is 7.89. The van der Waals surface area contributed by atoms with Crippen LogP contribution in [-0.4, -0.2) is 95.1 Å². The van der Waals surface area contributed by atoms with E-state index in [-0.39, 0.29) is 10.8 Å². The van der Waals surface area contributed by atoms with E-state index in [1.54, 1.807) is 35.4 Å². The zero-order valence-electron chi connectivity index (χ0n) is 19.3. The minimum Gasteiger partial charge on any atom is -0.378 e. The normalized spacial score (nSPS) is 17.1. The molecule has 10 nitrogen and oxygen atoms in total. The van der Waals surface area contributed by atoms with Gasteiger partial charge in [0.05, 0.1) is 29.2 Å². The molecule has 3 heterocycles. The highest BCUT2D eigenvalue weighted by Crippen LogP contribution is 2.28. The van der Waals surface area contributed by atoms with Crippen LogP contribution in [0, 0.1) is 11.3 Å². The molecule has 180 valence electrons. The monoisotopic (exact) mass is 484 g/mol. The van der Waals surface area contributed by atoms with Crippen molar-refractivity contribution < 1.29 is 17.9 Å². The molecule has 1 aromatic heterocycles. The fourth-order valence-corrected chi connectivity index (χ4v) is 5.09. The summed E-state index contributed by atoms with van der Waals surface area (Å²) < 4.78 is 32.1. The van der Waals surface area contributed by atoms with E-state index < -0.39 is 10.0 Å². The van der Waals surface area contributed by atoms with Gasteiger partial charge in [-0.25, -0.2) is 17.7 Å². The number of carbonyl (C=O) groups is 1. The maximum absolute atomic E-state index is 13.7. The number of aromatic nitrogens is 1. The summed E-state index contributed by atoms with van der Waals surface area (Å²) in [4.78, 5) is 23.9. The molecule has 1 amide bonds. The molecular formula is C23H28N6O4S. The van der Waals surface area contributed by atoms with E-state index in [1.807, 2.05) is 4.90 Å². The summed E-state index contributed by atoms with van der Waals surface area (Å²) in [6.45, 7) is 4.29. The van der Waals surface area contributed by atoms with Crippen molar-refractivity contribution in [3.63, 3.8) is 0 Å². The van der Waals surface area contributed by atoms with E-state index in [1.165, 1.54) is 20.2 Å². The topological polar surface area (TPSA) is 110 Å². The van der Waals surface area contributed by atoms with Crippen LogP contribution in [-0.2, 0) is 14.8 Å². The number of rotatable bonds is 5. The SMILES string of the molecule is CN(C)S(=O)(=O)c1ccc(N2CCOCC2)c(C(=O)N2CCN(c3ncccc3C#N)CC2)c1. The first-order valence-corrected chi connectivity index (χ1v) is 12.6. The predicted octanol–water partition coefficient (Wildman–Crippen LogP) is 1.00. The summed E-state index contributed by atoms with van der Waals surface area (Å²) in [6.07, 6.45) is 1.65. The molecule has 0 unspecified atom stereocenters. The number of carbonyl (C=O) groups excluding carboxylic acids is 1. The number of piperazine rings is 1. The Morgan fingerprint density at radius 1 is 1.06 bits per heavy atom. The van der Waals surface area contributed by atoms with E-state index in [0.29, 0.717) is 75.1 Å². The molecule has 0 saturated carbocycles. The number of anilines is 2. The zero-order chi connectivity index (χ0) is 24.3. The first kappa shape index (κ1) is 23.9. The van der Waals surface area contributed by atoms with Gasteiger partial charge in [-0.1, -0.05) is 0 Å². The first-order chi connectivity index (χ1) is 16.3. The van der Waals surface area contributed by atoms with Gasteiger partial charge in [-0.2, -0.15) is 5.26 Å².